The fourth-order valence-electron chi connectivity index (χ4n) is 1.10. The zero-order valence-electron chi connectivity index (χ0n) is 8.80. The number of hydrogen-bond donors (Lipinski definition) is 2. The Labute approximate surface area is 93.8 Å². The second-order valence-corrected chi connectivity index (χ2v) is 5.58. The molecule has 1 aromatic heterocycles. The number of primary amides is 1. The third-order valence-electron chi connectivity index (χ3n) is 1.84. The van der Waals surface area contributed by atoms with E-state index in [4.69, 9.17) is 5.73 Å². The quantitative estimate of drug-likeness (QED) is 0.735. The van der Waals surface area contributed by atoms with E-state index in [-0.39, 0.29) is 17.9 Å². The van der Waals surface area contributed by atoms with Crippen LogP contribution in [0.5, 0.6) is 0 Å². The second kappa shape index (κ2) is 4.93. The standard InChI is InChI=1S/C9H13N3O3S/c1-16(14,15)6-5-12-9-7(8(10)13)3-2-4-11-9/h2-4H,5-6H2,1H3,(H2,10,13)(H,11,12). The maximum atomic E-state index is 11.0. The third kappa shape index (κ3) is 3.85. The van der Waals surface area contributed by atoms with E-state index in [1.54, 1.807) is 6.07 Å². The first-order chi connectivity index (χ1) is 7.40. The number of sulfone groups is 1. The number of aromatic nitrogens is 1. The van der Waals surface area contributed by atoms with Crippen molar-refractivity contribution in [2.45, 2.75) is 0 Å². The van der Waals surface area contributed by atoms with Crippen LogP contribution in [-0.2, 0) is 9.84 Å². The molecule has 0 bridgehead atoms. The van der Waals surface area contributed by atoms with Crippen molar-refractivity contribution in [1.82, 2.24) is 4.98 Å². The minimum absolute atomic E-state index is 0.0260. The van der Waals surface area contributed by atoms with Gasteiger partial charge in [0.1, 0.15) is 15.7 Å². The molecule has 0 fully saturated rings. The fraction of sp³-hybridized carbons (Fsp3) is 0.333. The van der Waals surface area contributed by atoms with Crippen LogP contribution in [-0.4, -0.2) is 37.9 Å². The number of nitrogens with zero attached hydrogens (tertiary/aromatic N) is 1. The van der Waals surface area contributed by atoms with E-state index in [9.17, 15) is 13.2 Å². The molecule has 0 saturated carbocycles. The van der Waals surface area contributed by atoms with E-state index in [0.29, 0.717) is 5.82 Å². The Balaban J connectivity index is 2.71. The molecule has 0 aromatic carbocycles. The van der Waals surface area contributed by atoms with Gasteiger partial charge in [-0.05, 0) is 12.1 Å². The largest absolute Gasteiger partial charge is 0.368 e. The molecule has 0 saturated heterocycles. The van der Waals surface area contributed by atoms with Crippen molar-refractivity contribution >= 4 is 21.6 Å². The molecule has 0 aliphatic carbocycles. The molecule has 3 N–H and O–H groups in total. The molecule has 16 heavy (non-hydrogen) atoms. The summed E-state index contributed by atoms with van der Waals surface area (Å²) in [5, 5.41) is 2.76. The third-order valence-corrected chi connectivity index (χ3v) is 2.78. The lowest BCUT2D eigenvalue weighted by Gasteiger charge is -2.07. The molecule has 0 spiro atoms. The Bertz CT molecular complexity index is 485. The maximum absolute atomic E-state index is 11.0. The van der Waals surface area contributed by atoms with Gasteiger partial charge in [-0.3, -0.25) is 4.79 Å². The van der Waals surface area contributed by atoms with Gasteiger partial charge >= 0.3 is 0 Å². The van der Waals surface area contributed by atoms with Crippen molar-refractivity contribution in [3.63, 3.8) is 0 Å². The van der Waals surface area contributed by atoms with Gasteiger partial charge in [0.15, 0.2) is 0 Å². The Hall–Kier alpha value is -1.63. The smallest absolute Gasteiger partial charge is 0.252 e. The topological polar surface area (TPSA) is 102 Å². The van der Waals surface area contributed by atoms with Crippen molar-refractivity contribution in [2.75, 3.05) is 23.9 Å². The summed E-state index contributed by atoms with van der Waals surface area (Å²) in [6, 6.07) is 3.11. The number of nitrogens with one attached hydrogen (secondary N) is 1. The van der Waals surface area contributed by atoms with Gasteiger partial charge in [-0.25, -0.2) is 13.4 Å². The van der Waals surface area contributed by atoms with Crippen molar-refractivity contribution in [1.29, 1.82) is 0 Å². The highest BCUT2D eigenvalue weighted by molar-refractivity contribution is 7.90. The summed E-state index contributed by atoms with van der Waals surface area (Å²) in [6.07, 6.45) is 2.64. The van der Waals surface area contributed by atoms with Crippen LogP contribution >= 0.6 is 0 Å². The van der Waals surface area contributed by atoms with E-state index in [0.717, 1.165) is 6.26 Å². The van der Waals surface area contributed by atoms with Gasteiger partial charge in [0.05, 0.1) is 11.3 Å². The molecule has 1 rings (SSSR count). The normalized spacial score (nSPS) is 11.1. The summed E-state index contributed by atoms with van der Waals surface area (Å²) in [6.45, 7) is 0.191. The number of pyridine rings is 1. The number of anilines is 1. The van der Waals surface area contributed by atoms with E-state index < -0.39 is 15.7 Å². The number of nitrogens with two attached hydrogens (primary N) is 1. The van der Waals surface area contributed by atoms with E-state index in [2.05, 4.69) is 10.3 Å². The molecule has 0 aliphatic rings. The van der Waals surface area contributed by atoms with Crippen molar-refractivity contribution in [3.8, 4) is 0 Å². The van der Waals surface area contributed by atoms with Crippen molar-refractivity contribution in [3.05, 3.63) is 23.9 Å². The van der Waals surface area contributed by atoms with E-state index in [1.165, 1.54) is 12.3 Å². The molecule has 0 aliphatic heterocycles. The van der Waals surface area contributed by atoms with Gasteiger partial charge in [-0.15, -0.1) is 0 Å². The average molecular weight is 243 g/mol. The molecule has 1 amide bonds. The Morgan fingerprint density at radius 1 is 1.56 bits per heavy atom. The predicted molar refractivity (Wildman–Crippen MR) is 61.0 cm³/mol. The summed E-state index contributed by atoms with van der Waals surface area (Å²) in [4.78, 5) is 14.9. The molecule has 1 aromatic rings. The number of amides is 1. The van der Waals surface area contributed by atoms with Crippen LogP contribution in [0.3, 0.4) is 0 Å². The zero-order valence-corrected chi connectivity index (χ0v) is 9.62. The van der Waals surface area contributed by atoms with Crippen LogP contribution in [0.15, 0.2) is 18.3 Å². The van der Waals surface area contributed by atoms with Gasteiger partial charge in [0.25, 0.3) is 5.91 Å². The molecule has 0 atom stereocenters. The van der Waals surface area contributed by atoms with Gasteiger partial charge in [-0.2, -0.15) is 0 Å². The van der Waals surface area contributed by atoms with Gasteiger partial charge in [-0.1, -0.05) is 0 Å². The number of hydrogen-bond acceptors (Lipinski definition) is 5. The summed E-state index contributed by atoms with van der Waals surface area (Å²) >= 11 is 0. The SMILES string of the molecule is CS(=O)(=O)CCNc1ncccc1C(N)=O. The van der Waals surface area contributed by atoms with Crippen LogP contribution in [0.25, 0.3) is 0 Å². The summed E-state index contributed by atoms with van der Waals surface area (Å²) in [7, 11) is -3.03. The fourth-order valence-corrected chi connectivity index (χ4v) is 1.57. The lowest BCUT2D eigenvalue weighted by atomic mass is 10.2. The van der Waals surface area contributed by atoms with Gasteiger partial charge < -0.3 is 11.1 Å². The van der Waals surface area contributed by atoms with Crippen molar-refractivity contribution in [2.24, 2.45) is 5.73 Å². The molecule has 7 heteroatoms. The average Bonchev–Trinajstić information content (AvgIpc) is 2.16. The van der Waals surface area contributed by atoms with E-state index in [1.807, 2.05) is 0 Å². The van der Waals surface area contributed by atoms with Crippen LogP contribution in [0, 0.1) is 0 Å². The molecular weight excluding hydrogens is 230 g/mol. The number of carbonyl (C=O) groups is 1. The summed E-state index contributed by atoms with van der Waals surface area (Å²) in [5.74, 6) is -0.324. The Morgan fingerprint density at radius 2 is 2.25 bits per heavy atom. The van der Waals surface area contributed by atoms with Gasteiger partial charge in [0.2, 0.25) is 0 Å². The van der Waals surface area contributed by atoms with Crippen LogP contribution in [0.2, 0.25) is 0 Å². The van der Waals surface area contributed by atoms with Crippen LogP contribution < -0.4 is 11.1 Å². The summed E-state index contributed by atoms with van der Waals surface area (Å²) < 4.78 is 21.8. The van der Waals surface area contributed by atoms with E-state index >= 15 is 0 Å². The van der Waals surface area contributed by atoms with Crippen LogP contribution in [0.4, 0.5) is 5.82 Å². The zero-order chi connectivity index (χ0) is 12.2. The van der Waals surface area contributed by atoms with Crippen LogP contribution in [0.1, 0.15) is 10.4 Å². The molecule has 0 unspecified atom stereocenters. The lowest BCUT2D eigenvalue weighted by molar-refractivity contribution is 0.100. The highest BCUT2D eigenvalue weighted by Crippen LogP contribution is 2.09. The lowest BCUT2D eigenvalue weighted by Crippen LogP contribution is -2.19. The van der Waals surface area contributed by atoms with Gasteiger partial charge in [0, 0.05) is 19.0 Å². The first-order valence-electron chi connectivity index (χ1n) is 4.56. The predicted octanol–water partition coefficient (Wildman–Crippen LogP) is -0.363. The first-order valence-corrected chi connectivity index (χ1v) is 6.62. The summed E-state index contributed by atoms with van der Waals surface area (Å²) in [5.41, 5.74) is 5.38. The Kier molecular flexibility index (Phi) is 3.83. The van der Waals surface area contributed by atoms with Crippen molar-refractivity contribution < 1.29 is 13.2 Å². The Morgan fingerprint density at radius 3 is 2.81 bits per heavy atom. The molecule has 88 valence electrons. The minimum atomic E-state index is -3.03. The molecule has 0 radical (unpaired) electrons. The minimum Gasteiger partial charge on any atom is -0.368 e. The molecular formula is C9H13N3O3S. The highest BCUT2D eigenvalue weighted by Gasteiger charge is 2.08. The first kappa shape index (κ1) is 12.4. The molecule has 1 heterocycles. The highest BCUT2D eigenvalue weighted by atomic mass is 32.2. The maximum Gasteiger partial charge on any atom is 0.252 e. The molecule has 6 nitrogen and oxygen atoms in total. The monoisotopic (exact) mass is 243 g/mol. The second-order valence-electron chi connectivity index (χ2n) is 3.32. The number of carbonyl (C=O) groups excluding carboxylic acids is 1. The number of rotatable bonds is 5.